The molecule has 0 bridgehead atoms. The molecule has 28 heavy (non-hydrogen) atoms. The molecule has 0 heterocycles. The standard InChI is InChI=1S/C24H30N2O2/c1-25-24-21-9-5-4-8-18(21)10-11-19-14-20(12-13-22(19)24)28-16-23(27)26-15-17-6-2-3-7-17/h4-5,8-9,12-14,17,24-25H,2-3,6-7,10-11,15-16H2,1H3,(H,26,27). The van der Waals surface area contributed by atoms with E-state index in [1.54, 1.807) is 0 Å². The first-order chi connectivity index (χ1) is 13.7. The number of nitrogens with one attached hydrogen (secondary N) is 2. The van der Waals surface area contributed by atoms with Crippen LogP contribution in [0.4, 0.5) is 0 Å². The van der Waals surface area contributed by atoms with Gasteiger partial charge in [0.25, 0.3) is 5.91 Å². The van der Waals surface area contributed by atoms with Crippen molar-refractivity contribution in [2.45, 2.75) is 44.6 Å². The average Bonchev–Trinajstić information content (AvgIpc) is 3.19. The zero-order valence-corrected chi connectivity index (χ0v) is 16.7. The Hall–Kier alpha value is -2.33. The van der Waals surface area contributed by atoms with Crippen molar-refractivity contribution in [3.8, 4) is 5.75 Å². The third-order valence-electron chi connectivity index (χ3n) is 6.18. The number of hydrogen-bond donors (Lipinski definition) is 2. The summed E-state index contributed by atoms with van der Waals surface area (Å²) in [6.45, 7) is 0.871. The van der Waals surface area contributed by atoms with Gasteiger partial charge in [-0.2, -0.15) is 0 Å². The molecule has 1 saturated carbocycles. The van der Waals surface area contributed by atoms with E-state index >= 15 is 0 Å². The van der Waals surface area contributed by atoms with E-state index < -0.39 is 0 Å². The molecule has 148 valence electrons. The number of fused-ring (bicyclic) bond motifs is 2. The number of amides is 1. The number of benzene rings is 2. The van der Waals surface area contributed by atoms with Crippen molar-refractivity contribution in [1.82, 2.24) is 10.6 Å². The first-order valence-electron chi connectivity index (χ1n) is 10.5. The Bertz CT molecular complexity index is 827. The molecule has 2 aliphatic carbocycles. The molecule has 2 N–H and O–H groups in total. The monoisotopic (exact) mass is 378 g/mol. The number of rotatable bonds is 6. The molecule has 0 aliphatic heterocycles. The maximum absolute atomic E-state index is 12.1. The van der Waals surface area contributed by atoms with Gasteiger partial charge in [0.05, 0.1) is 6.04 Å². The maximum atomic E-state index is 12.1. The molecule has 1 amide bonds. The van der Waals surface area contributed by atoms with Gasteiger partial charge in [0.15, 0.2) is 6.61 Å². The van der Waals surface area contributed by atoms with Crippen molar-refractivity contribution in [3.05, 3.63) is 64.7 Å². The van der Waals surface area contributed by atoms with Crippen LogP contribution in [-0.2, 0) is 17.6 Å². The van der Waals surface area contributed by atoms with E-state index in [1.807, 2.05) is 13.1 Å². The molecule has 1 unspecified atom stereocenters. The van der Waals surface area contributed by atoms with Gasteiger partial charge in [-0.3, -0.25) is 4.79 Å². The van der Waals surface area contributed by atoms with E-state index in [0.717, 1.165) is 25.1 Å². The van der Waals surface area contributed by atoms with Crippen LogP contribution in [0.5, 0.6) is 5.75 Å². The Morgan fingerprint density at radius 1 is 1.04 bits per heavy atom. The van der Waals surface area contributed by atoms with Crippen molar-refractivity contribution in [2.24, 2.45) is 5.92 Å². The van der Waals surface area contributed by atoms with Gasteiger partial charge in [0, 0.05) is 6.54 Å². The molecule has 2 aliphatic rings. The van der Waals surface area contributed by atoms with Gasteiger partial charge in [-0.25, -0.2) is 0 Å². The van der Waals surface area contributed by atoms with Crippen LogP contribution in [0.3, 0.4) is 0 Å². The zero-order chi connectivity index (χ0) is 19.3. The Kier molecular flexibility index (Phi) is 5.96. The second-order valence-corrected chi connectivity index (χ2v) is 8.02. The lowest BCUT2D eigenvalue weighted by Gasteiger charge is -2.20. The van der Waals surface area contributed by atoms with Crippen molar-refractivity contribution in [1.29, 1.82) is 0 Å². The minimum absolute atomic E-state index is 0.0256. The second-order valence-electron chi connectivity index (χ2n) is 8.02. The van der Waals surface area contributed by atoms with Gasteiger partial charge in [-0.05, 0) is 73.0 Å². The van der Waals surface area contributed by atoms with Crippen LogP contribution in [0.25, 0.3) is 0 Å². The van der Waals surface area contributed by atoms with Crippen LogP contribution in [0.2, 0.25) is 0 Å². The highest BCUT2D eigenvalue weighted by molar-refractivity contribution is 5.77. The van der Waals surface area contributed by atoms with Crippen molar-refractivity contribution in [3.63, 3.8) is 0 Å². The number of carbonyl (C=O) groups excluding carboxylic acids is 1. The molecule has 2 aromatic rings. The molecule has 1 atom stereocenters. The van der Waals surface area contributed by atoms with E-state index in [0.29, 0.717) is 5.92 Å². The second kappa shape index (κ2) is 8.78. The van der Waals surface area contributed by atoms with E-state index in [1.165, 1.54) is 47.9 Å². The SMILES string of the molecule is CNC1c2ccccc2CCc2cc(OCC(=O)NCC3CCCC3)ccc21. The van der Waals surface area contributed by atoms with Crippen molar-refractivity contribution >= 4 is 5.91 Å². The first kappa shape index (κ1) is 19.0. The van der Waals surface area contributed by atoms with E-state index in [2.05, 4.69) is 47.0 Å². The number of ether oxygens (including phenoxy) is 1. The Morgan fingerprint density at radius 3 is 2.61 bits per heavy atom. The lowest BCUT2D eigenvalue weighted by atomic mass is 9.95. The smallest absolute Gasteiger partial charge is 0.257 e. The summed E-state index contributed by atoms with van der Waals surface area (Å²) in [5, 5.41) is 6.49. The van der Waals surface area contributed by atoms with Crippen LogP contribution >= 0.6 is 0 Å². The summed E-state index contributed by atoms with van der Waals surface area (Å²) < 4.78 is 5.80. The quantitative estimate of drug-likeness (QED) is 0.804. The van der Waals surface area contributed by atoms with Gasteiger partial charge in [-0.1, -0.05) is 43.2 Å². The normalized spacial score (nSPS) is 18.8. The van der Waals surface area contributed by atoms with Crippen LogP contribution < -0.4 is 15.4 Å². The number of aryl methyl sites for hydroxylation is 2. The summed E-state index contributed by atoms with van der Waals surface area (Å²) in [6, 6.07) is 15.1. The summed E-state index contributed by atoms with van der Waals surface area (Å²) >= 11 is 0. The Balaban J connectivity index is 1.40. The minimum Gasteiger partial charge on any atom is -0.484 e. The van der Waals surface area contributed by atoms with E-state index in [4.69, 9.17) is 4.74 Å². The molecule has 0 saturated heterocycles. The highest BCUT2D eigenvalue weighted by Crippen LogP contribution is 2.34. The third-order valence-corrected chi connectivity index (χ3v) is 6.18. The van der Waals surface area contributed by atoms with Crippen molar-refractivity contribution in [2.75, 3.05) is 20.2 Å². The molecular weight excluding hydrogens is 348 g/mol. The van der Waals surface area contributed by atoms with E-state index in [-0.39, 0.29) is 18.6 Å². The van der Waals surface area contributed by atoms with Gasteiger partial charge in [0.1, 0.15) is 5.75 Å². The van der Waals surface area contributed by atoms with Crippen LogP contribution in [0.15, 0.2) is 42.5 Å². The maximum Gasteiger partial charge on any atom is 0.257 e. The fraction of sp³-hybridized carbons (Fsp3) is 0.458. The largest absolute Gasteiger partial charge is 0.484 e. The van der Waals surface area contributed by atoms with Gasteiger partial charge >= 0.3 is 0 Å². The summed E-state index contributed by atoms with van der Waals surface area (Å²) in [5.74, 6) is 1.40. The van der Waals surface area contributed by atoms with Gasteiger partial charge < -0.3 is 15.4 Å². The lowest BCUT2D eigenvalue weighted by Crippen LogP contribution is -2.32. The topological polar surface area (TPSA) is 50.4 Å². The summed E-state index contributed by atoms with van der Waals surface area (Å²) in [6.07, 6.45) is 7.07. The Labute approximate surface area is 167 Å². The molecular formula is C24H30N2O2. The number of carbonyl (C=O) groups is 1. The first-order valence-corrected chi connectivity index (χ1v) is 10.5. The van der Waals surface area contributed by atoms with Crippen LogP contribution in [0.1, 0.15) is 54.0 Å². The molecule has 1 fully saturated rings. The van der Waals surface area contributed by atoms with Gasteiger partial charge in [-0.15, -0.1) is 0 Å². The number of hydrogen-bond acceptors (Lipinski definition) is 3. The summed E-state index contributed by atoms with van der Waals surface area (Å²) in [5.41, 5.74) is 5.33. The zero-order valence-electron chi connectivity index (χ0n) is 16.7. The molecule has 4 rings (SSSR count). The molecule has 4 heteroatoms. The predicted octanol–water partition coefficient (Wildman–Crippen LogP) is 3.78. The molecule has 0 radical (unpaired) electrons. The third kappa shape index (κ3) is 4.22. The molecule has 0 spiro atoms. The average molecular weight is 379 g/mol. The molecule has 4 nitrogen and oxygen atoms in total. The predicted molar refractivity (Wildman–Crippen MR) is 112 cm³/mol. The molecule has 0 aromatic heterocycles. The fourth-order valence-corrected chi connectivity index (χ4v) is 4.63. The van der Waals surface area contributed by atoms with Crippen LogP contribution in [0, 0.1) is 5.92 Å². The van der Waals surface area contributed by atoms with Gasteiger partial charge in [0.2, 0.25) is 0 Å². The summed E-state index contributed by atoms with van der Waals surface area (Å²) in [7, 11) is 2.01. The van der Waals surface area contributed by atoms with E-state index in [9.17, 15) is 4.79 Å². The minimum atomic E-state index is -0.0256. The van der Waals surface area contributed by atoms with Crippen molar-refractivity contribution < 1.29 is 9.53 Å². The molecule has 2 aromatic carbocycles. The Morgan fingerprint density at radius 2 is 1.79 bits per heavy atom. The fourth-order valence-electron chi connectivity index (χ4n) is 4.63. The van der Waals surface area contributed by atoms with Crippen LogP contribution in [-0.4, -0.2) is 26.1 Å². The highest BCUT2D eigenvalue weighted by atomic mass is 16.5. The highest BCUT2D eigenvalue weighted by Gasteiger charge is 2.22. The summed E-state index contributed by atoms with van der Waals surface area (Å²) in [4.78, 5) is 12.1. The lowest BCUT2D eigenvalue weighted by molar-refractivity contribution is -0.123.